The summed E-state index contributed by atoms with van der Waals surface area (Å²) in [5, 5.41) is 1.97. The third-order valence-electron chi connectivity index (χ3n) is 3.05. The predicted molar refractivity (Wildman–Crippen MR) is 83.3 cm³/mol. The second kappa shape index (κ2) is 6.14. The molecule has 1 aromatic carbocycles. The Morgan fingerprint density at radius 1 is 1.35 bits per heavy atom. The van der Waals surface area contributed by atoms with E-state index in [1.54, 1.807) is 0 Å². The van der Waals surface area contributed by atoms with Gasteiger partial charge in [0.05, 0.1) is 0 Å². The van der Waals surface area contributed by atoms with Gasteiger partial charge in [0.1, 0.15) is 11.6 Å². The summed E-state index contributed by atoms with van der Waals surface area (Å²) >= 11 is 3.41. The highest BCUT2D eigenvalue weighted by molar-refractivity contribution is 9.10. The zero-order valence-electron chi connectivity index (χ0n) is 12.1. The number of hydrazine groups is 1. The van der Waals surface area contributed by atoms with Gasteiger partial charge in [-0.1, -0.05) is 15.9 Å². The number of ether oxygens (including phenoxy) is 1. The van der Waals surface area contributed by atoms with Crippen LogP contribution in [0.3, 0.4) is 0 Å². The van der Waals surface area contributed by atoms with E-state index in [9.17, 15) is 4.79 Å². The smallest absolute Gasteiger partial charge is 0.325 e. The summed E-state index contributed by atoms with van der Waals surface area (Å²) in [6.07, 6.45) is 1.83. The Morgan fingerprint density at radius 3 is 2.60 bits per heavy atom. The number of esters is 1. The van der Waals surface area contributed by atoms with Gasteiger partial charge in [0.2, 0.25) is 0 Å². The van der Waals surface area contributed by atoms with Crippen molar-refractivity contribution in [1.29, 1.82) is 0 Å². The van der Waals surface area contributed by atoms with Crippen molar-refractivity contribution in [2.45, 2.75) is 45.3 Å². The highest BCUT2D eigenvalue weighted by Gasteiger charge is 2.34. The summed E-state index contributed by atoms with van der Waals surface area (Å²) in [4.78, 5) is 12.2. The summed E-state index contributed by atoms with van der Waals surface area (Å²) < 4.78 is 6.52. The number of hydrogen-bond donors (Lipinski definition) is 1. The topological polar surface area (TPSA) is 41.6 Å². The van der Waals surface area contributed by atoms with E-state index >= 15 is 0 Å². The Bertz CT molecular complexity index is 468. The first kappa shape index (κ1) is 15.3. The summed E-state index contributed by atoms with van der Waals surface area (Å²) in [6.45, 7) is 6.53. The van der Waals surface area contributed by atoms with Crippen LogP contribution in [0.25, 0.3) is 0 Å². The van der Waals surface area contributed by atoms with Gasteiger partial charge in [0.25, 0.3) is 0 Å². The van der Waals surface area contributed by atoms with Gasteiger partial charge >= 0.3 is 5.97 Å². The van der Waals surface area contributed by atoms with Crippen molar-refractivity contribution in [1.82, 2.24) is 5.01 Å². The summed E-state index contributed by atoms with van der Waals surface area (Å²) in [5.74, 6) is -0.153. The first-order chi connectivity index (χ1) is 9.35. The van der Waals surface area contributed by atoms with Gasteiger partial charge in [-0.2, -0.15) is 0 Å². The third kappa shape index (κ3) is 4.21. The molecule has 0 bridgehead atoms. The van der Waals surface area contributed by atoms with Gasteiger partial charge < -0.3 is 10.2 Å². The molecule has 1 N–H and O–H groups in total. The van der Waals surface area contributed by atoms with Crippen LogP contribution in [0.2, 0.25) is 0 Å². The first-order valence-corrected chi connectivity index (χ1v) is 7.66. The molecule has 4 nitrogen and oxygen atoms in total. The number of carbonyl (C=O) groups excluding carboxylic acids is 1. The second-order valence-electron chi connectivity index (χ2n) is 6.00. The molecule has 110 valence electrons. The van der Waals surface area contributed by atoms with E-state index in [2.05, 4.69) is 21.4 Å². The largest absolute Gasteiger partial charge is 0.459 e. The molecule has 20 heavy (non-hydrogen) atoms. The number of benzene rings is 1. The van der Waals surface area contributed by atoms with Crippen molar-refractivity contribution in [2.24, 2.45) is 0 Å². The average molecular weight is 341 g/mol. The fraction of sp³-hybridized carbons (Fsp3) is 0.533. The van der Waals surface area contributed by atoms with E-state index in [1.807, 2.05) is 50.0 Å². The van der Waals surface area contributed by atoms with Crippen molar-refractivity contribution in [3.05, 3.63) is 28.7 Å². The normalized spacial score (nSPS) is 19.9. The molecule has 1 saturated heterocycles. The second-order valence-corrected chi connectivity index (χ2v) is 6.92. The molecule has 0 saturated carbocycles. The van der Waals surface area contributed by atoms with E-state index in [4.69, 9.17) is 4.74 Å². The fourth-order valence-electron chi connectivity index (χ4n) is 2.21. The SMILES string of the molecule is CC(C)(C)OC(=O)C1CCCN1Nc1ccc(Br)cc1. The van der Waals surface area contributed by atoms with Crippen molar-refractivity contribution in [3.63, 3.8) is 0 Å². The van der Waals surface area contributed by atoms with Crippen LogP contribution in [0.1, 0.15) is 33.6 Å². The van der Waals surface area contributed by atoms with Crippen molar-refractivity contribution in [2.75, 3.05) is 12.0 Å². The van der Waals surface area contributed by atoms with Crippen LogP contribution in [-0.2, 0) is 9.53 Å². The van der Waals surface area contributed by atoms with Crippen LogP contribution in [-0.4, -0.2) is 29.2 Å². The number of nitrogens with one attached hydrogen (secondary N) is 1. The highest BCUT2D eigenvalue weighted by atomic mass is 79.9. The number of halogens is 1. The summed E-state index contributed by atoms with van der Waals surface area (Å²) in [7, 11) is 0. The van der Waals surface area contributed by atoms with E-state index in [1.165, 1.54) is 0 Å². The number of nitrogens with zero attached hydrogens (tertiary/aromatic N) is 1. The van der Waals surface area contributed by atoms with Gasteiger partial charge in [-0.3, -0.25) is 4.79 Å². The molecule has 0 aliphatic carbocycles. The maximum Gasteiger partial charge on any atom is 0.325 e. The molecular weight excluding hydrogens is 320 g/mol. The van der Waals surface area contributed by atoms with Gasteiger partial charge in [-0.25, -0.2) is 5.01 Å². The Hall–Kier alpha value is -1.07. The standard InChI is InChI=1S/C15H21BrN2O2/c1-15(2,3)20-14(19)13-5-4-10-18(13)17-12-8-6-11(16)7-9-12/h6-9,13,17H,4-5,10H2,1-3H3. The minimum atomic E-state index is -0.442. The Balaban J connectivity index is 2.00. The molecule has 1 unspecified atom stereocenters. The monoisotopic (exact) mass is 340 g/mol. The summed E-state index contributed by atoms with van der Waals surface area (Å²) in [5.41, 5.74) is 3.83. The van der Waals surface area contributed by atoms with E-state index < -0.39 is 5.60 Å². The van der Waals surface area contributed by atoms with Gasteiger partial charge in [0, 0.05) is 16.7 Å². The number of hydrogen-bond acceptors (Lipinski definition) is 4. The molecule has 1 aromatic rings. The lowest BCUT2D eigenvalue weighted by molar-refractivity contribution is -0.159. The molecule has 0 spiro atoms. The quantitative estimate of drug-likeness (QED) is 0.854. The van der Waals surface area contributed by atoms with E-state index in [-0.39, 0.29) is 12.0 Å². The van der Waals surface area contributed by atoms with Crippen molar-refractivity contribution < 1.29 is 9.53 Å². The molecule has 0 amide bonds. The molecule has 0 radical (unpaired) electrons. The molecule has 0 aromatic heterocycles. The third-order valence-corrected chi connectivity index (χ3v) is 3.58. The molecule has 1 fully saturated rings. The summed E-state index contributed by atoms with van der Waals surface area (Å²) in [6, 6.07) is 7.70. The number of rotatable bonds is 3. The Morgan fingerprint density at radius 2 is 2.00 bits per heavy atom. The molecule has 1 aliphatic rings. The van der Waals surface area contributed by atoms with E-state index in [0.29, 0.717) is 0 Å². The zero-order valence-corrected chi connectivity index (χ0v) is 13.7. The molecule has 2 rings (SSSR count). The number of anilines is 1. The molecule has 1 aliphatic heterocycles. The van der Waals surface area contributed by atoms with Gasteiger partial charge in [0.15, 0.2) is 0 Å². The van der Waals surface area contributed by atoms with Crippen molar-refractivity contribution in [3.8, 4) is 0 Å². The van der Waals surface area contributed by atoms with Crippen LogP contribution < -0.4 is 5.43 Å². The predicted octanol–water partition coefficient (Wildman–Crippen LogP) is 3.58. The fourth-order valence-corrected chi connectivity index (χ4v) is 2.47. The van der Waals surface area contributed by atoms with E-state index in [0.717, 1.165) is 29.5 Å². The van der Waals surface area contributed by atoms with Crippen LogP contribution >= 0.6 is 15.9 Å². The Kier molecular flexibility index (Phi) is 4.70. The number of carbonyl (C=O) groups is 1. The minimum Gasteiger partial charge on any atom is -0.459 e. The van der Waals surface area contributed by atoms with Gasteiger partial charge in [-0.05, 0) is 57.9 Å². The molecule has 5 heteroatoms. The first-order valence-electron chi connectivity index (χ1n) is 6.87. The van der Waals surface area contributed by atoms with Crippen LogP contribution in [0, 0.1) is 0 Å². The minimum absolute atomic E-state index is 0.153. The van der Waals surface area contributed by atoms with Crippen LogP contribution in [0.5, 0.6) is 0 Å². The maximum absolute atomic E-state index is 12.2. The molecule has 1 atom stereocenters. The lowest BCUT2D eigenvalue weighted by Gasteiger charge is -2.28. The lowest BCUT2D eigenvalue weighted by Crippen LogP contribution is -2.43. The average Bonchev–Trinajstić information content (AvgIpc) is 2.78. The lowest BCUT2D eigenvalue weighted by atomic mass is 10.1. The van der Waals surface area contributed by atoms with Crippen LogP contribution in [0.15, 0.2) is 28.7 Å². The zero-order chi connectivity index (χ0) is 14.8. The van der Waals surface area contributed by atoms with Crippen molar-refractivity contribution >= 4 is 27.6 Å². The highest BCUT2D eigenvalue weighted by Crippen LogP contribution is 2.23. The molecule has 1 heterocycles. The molecular formula is C15H21BrN2O2. The Labute approximate surface area is 128 Å². The maximum atomic E-state index is 12.2. The van der Waals surface area contributed by atoms with Crippen LogP contribution in [0.4, 0.5) is 5.69 Å². The van der Waals surface area contributed by atoms with Gasteiger partial charge in [-0.15, -0.1) is 0 Å².